The third-order valence-corrected chi connectivity index (χ3v) is 6.03. The van der Waals surface area contributed by atoms with Crippen LogP contribution >= 0.6 is 11.3 Å². The van der Waals surface area contributed by atoms with Crippen molar-refractivity contribution in [2.24, 2.45) is 5.41 Å². The number of hydrogen-bond donors (Lipinski definition) is 1. The van der Waals surface area contributed by atoms with Crippen molar-refractivity contribution in [3.05, 3.63) is 45.5 Å². The average molecular weight is 344 g/mol. The highest BCUT2D eigenvalue weighted by Crippen LogP contribution is 2.37. The Balaban J connectivity index is 1.45. The van der Waals surface area contributed by atoms with Crippen LogP contribution in [0.25, 0.3) is 10.6 Å². The van der Waals surface area contributed by atoms with E-state index in [1.165, 1.54) is 18.9 Å². The van der Waals surface area contributed by atoms with Gasteiger partial charge >= 0.3 is 0 Å². The van der Waals surface area contributed by atoms with Crippen LogP contribution in [0.15, 0.2) is 29.6 Å². The highest BCUT2D eigenvalue weighted by molar-refractivity contribution is 7.13. The summed E-state index contributed by atoms with van der Waals surface area (Å²) in [6.07, 6.45) is 2.54. The fourth-order valence-corrected chi connectivity index (χ4v) is 4.61. The van der Waals surface area contributed by atoms with Gasteiger partial charge in [-0.25, -0.2) is 4.98 Å². The maximum atomic E-state index is 10.9. The molecule has 0 amide bonds. The van der Waals surface area contributed by atoms with E-state index < -0.39 is 0 Å². The minimum atomic E-state index is -0.364. The summed E-state index contributed by atoms with van der Waals surface area (Å²) in [5.41, 5.74) is 2.46. The van der Waals surface area contributed by atoms with Gasteiger partial charge in [-0.2, -0.15) is 0 Å². The molecule has 7 heteroatoms. The zero-order chi connectivity index (χ0) is 16.6. The molecule has 6 nitrogen and oxygen atoms in total. The van der Waals surface area contributed by atoms with Crippen LogP contribution in [0.2, 0.25) is 0 Å². The van der Waals surface area contributed by atoms with Gasteiger partial charge in [0.25, 0.3) is 5.69 Å². The number of hydrogen-bond acceptors (Lipinski definition) is 6. The SMILES string of the molecule is O=[N+]([O-])c1cccc(-c2nc(CN3CCC4(CCNC4)C3)cs2)c1. The van der Waals surface area contributed by atoms with Crippen LogP contribution in [0.5, 0.6) is 0 Å². The second-order valence-electron chi connectivity index (χ2n) is 6.84. The summed E-state index contributed by atoms with van der Waals surface area (Å²) in [4.78, 5) is 17.7. The molecule has 24 heavy (non-hydrogen) atoms. The van der Waals surface area contributed by atoms with Crippen molar-refractivity contribution in [2.75, 3.05) is 26.2 Å². The average Bonchev–Trinajstić information content (AvgIpc) is 3.31. The number of non-ortho nitro benzene ring substituents is 1. The molecule has 2 saturated heterocycles. The first-order valence-corrected chi connectivity index (χ1v) is 9.14. The van der Waals surface area contributed by atoms with E-state index in [1.54, 1.807) is 23.5 Å². The summed E-state index contributed by atoms with van der Waals surface area (Å²) >= 11 is 1.56. The Hall–Kier alpha value is -1.83. The number of nitro benzene ring substituents is 1. The zero-order valence-corrected chi connectivity index (χ0v) is 14.2. The first kappa shape index (κ1) is 15.7. The molecular weight excluding hydrogens is 324 g/mol. The summed E-state index contributed by atoms with van der Waals surface area (Å²) in [6.45, 7) is 5.42. The third kappa shape index (κ3) is 3.07. The maximum absolute atomic E-state index is 10.9. The first-order valence-electron chi connectivity index (χ1n) is 8.26. The van der Waals surface area contributed by atoms with Crippen LogP contribution < -0.4 is 5.32 Å². The molecule has 4 rings (SSSR count). The number of nitrogens with zero attached hydrogens (tertiary/aromatic N) is 3. The number of benzene rings is 1. The molecule has 1 spiro atoms. The second-order valence-corrected chi connectivity index (χ2v) is 7.70. The van der Waals surface area contributed by atoms with Crippen molar-refractivity contribution in [1.29, 1.82) is 0 Å². The van der Waals surface area contributed by atoms with Crippen LogP contribution in [0.1, 0.15) is 18.5 Å². The number of rotatable bonds is 4. The van der Waals surface area contributed by atoms with Crippen LogP contribution in [0, 0.1) is 15.5 Å². The largest absolute Gasteiger partial charge is 0.316 e. The summed E-state index contributed by atoms with van der Waals surface area (Å²) in [5, 5.41) is 17.3. The van der Waals surface area contributed by atoms with Gasteiger partial charge in [-0.05, 0) is 31.3 Å². The van der Waals surface area contributed by atoms with E-state index in [0.717, 1.165) is 49.0 Å². The highest BCUT2D eigenvalue weighted by Gasteiger charge is 2.40. The molecule has 2 aliphatic rings. The second kappa shape index (κ2) is 6.23. The van der Waals surface area contributed by atoms with Gasteiger partial charge in [0.1, 0.15) is 5.01 Å². The Labute approximate surface area is 144 Å². The molecule has 0 bridgehead atoms. The molecule has 1 aromatic heterocycles. The fraction of sp³-hybridized carbons (Fsp3) is 0.471. The number of nitrogens with one attached hydrogen (secondary N) is 1. The highest BCUT2D eigenvalue weighted by atomic mass is 32.1. The number of nitro groups is 1. The van der Waals surface area contributed by atoms with Crippen molar-refractivity contribution in [3.8, 4) is 10.6 Å². The van der Waals surface area contributed by atoms with Crippen molar-refractivity contribution < 1.29 is 4.92 Å². The Morgan fingerprint density at radius 1 is 1.42 bits per heavy atom. The van der Waals surface area contributed by atoms with Crippen LogP contribution in [0.4, 0.5) is 5.69 Å². The van der Waals surface area contributed by atoms with Crippen LogP contribution in [0.3, 0.4) is 0 Å². The normalized spacial score (nSPS) is 24.0. The lowest BCUT2D eigenvalue weighted by molar-refractivity contribution is -0.384. The van der Waals surface area contributed by atoms with Crippen molar-refractivity contribution in [1.82, 2.24) is 15.2 Å². The van der Waals surface area contributed by atoms with Gasteiger partial charge in [0, 0.05) is 42.7 Å². The van der Waals surface area contributed by atoms with Gasteiger partial charge in [-0.15, -0.1) is 11.3 Å². The van der Waals surface area contributed by atoms with Gasteiger partial charge < -0.3 is 5.32 Å². The molecule has 2 aromatic rings. The molecule has 0 radical (unpaired) electrons. The molecule has 0 aliphatic carbocycles. The molecular formula is C17H20N4O2S. The molecule has 1 atom stereocenters. The third-order valence-electron chi connectivity index (χ3n) is 5.09. The smallest absolute Gasteiger partial charge is 0.270 e. The Bertz CT molecular complexity index is 755. The molecule has 2 aliphatic heterocycles. The van der Waals surface area contributed by atoms with E-state index in [4.69, 9.17) is 4.98 Å². The van der Waals surface area contributed by atoms with E-state index in [0.29, 0.717) is 5.41 Å². The Morgan fingerprint density at radius 3 is 3.12 bits per heavy atom. The summed E-state index contributed by atoms with van der Waals surface area (Å²) in [7, 11) is 0. The van der Waals surface area contributed by atoms with Crippen LogP contribution in [-0.4, -0.2) is 41.0 Å². The van der Waals surface area contributed by atoms with Gasteiger partial charge in [0.2, 0.25) is 0 Å². The fourth-order valence-electron chi connectivity index (χ4n) is 3.80. The van der Waals surface area contributed by atoms with E-state index >= 15 is 0 Å². The lowest BCUT2D eigenvalue weighted by Crippen LogP contribution is -2.29. The summed E-state index contributed by atoms with van der Waals surface area (Å²) in [5.74, 6) is 0. The quantitative estimate of drug-likeness (QED) is 0.682. The van der Waals surface area contributed by atoms with Gasteiger partial charge in [-0.3, -0.25) is 15.0 Å². The molecule has 126 valence electrons. The molecule has 0 saturated carbocycles. The molecule has 1 N–H and O–H groups in total. The monoisotopic (exact) mass is 344 g/mol. The lowest BCUT2D eigenvalue weighted by atomic mass is 9.87. The van der Waals surface area contributed by atoms with E-state index in [9.17, 15) is 10.1 Å². The molecule has 1 unspecified atom stereocenters. The van der Waals surface area contributed by atoms with Crippen LogP contribution in [-0.2, 0) is 6.54 Å². The van der Waals surface area contributed by atoms with E-state index in [1.807, 2.05) is 6.07 Å². The summed E-state index contributed by atoms with van der Waals surface area (Å²) in [6, 6.07) is 6.70. The predicted octanol–water partition coefficient (Wildman–Crippen LogP) is 2.90. The molecule has 3 heterocycles. The minimum Gasteiger partial charge on any atom is -0.316 e. The first-order chi connectivity index (χ1) is 11.6. The molecule has 2 fully saturated rings. The zero-order valence-electron chi connectivity index (χ0n) is 13.4. The van der Waals surface area contributed by atoms with Gasteiger partial charge in [-0.1, -0.05) is 12.1 Å². The van der Waals surface area contributed by atoms with Crippen molar-refractivity contribution in [2.45, 2.75) is 19.4 Å². The maximum Gasteiger partial charge on any atom is 0.270 e. The summed E-state index contributed by atoms with van der Waals surface area (Å²) < 4.78 is 0. The topological polar surface area (TPSA) is 71.3 Å². The van der Waals surface area contributed by atoms with Crippen molar-refractivity contribution >= 4 is 17.0 Å². The number of thiazole rings is 1. The standard InChI is InChI=1S/C17H20N4O2S/c22-21(23)15-3-1-2-13(8-15)16-19-14(10-24-16)9-20-7-5-17(12-20)4-6-18-11-17/h1-3,8,10,18H,4-7,9,11-12H2. The number of aromatic nitrogens is 1. The van der Waals surface area contributed by atoms with Gasteiger partial charge in [0.05, 0.1) is 10.6 Å². The van der Waals surface area contributed by atoms with E-state index in [2.05, 4.69) is 15.6 Å². The lowest BCUT2D eigenvalue weighted by Gasteiger charge is -2.22. The molecule has 1 aromatic carbocycles. The minimum absolute atomic E-state index is 0.111. The Morgan fingerprint density at radius 2 is 2.33 bits per heavy atom. The Kier molecular flexibility index (Phi) is 4.07. The number of likely N-dealkylation sites (tertiary alicyclic amines) is 1. The van der Waals surface area contributed by atoms with Crippen molar-refractivity contribution in [3.63, 3.8) is 0 Å². The predicted molar refractivity (Wildman–Crippen MR) is 94.0 cm³/mol. The van der Waals surface area contributed by atoms with E-state index in [-0.39, 0.29) is 10.6 Å². The van der Waals surface area contributed by atoms with Gasteiger partial charge in [0.15, 0.2) is 0 Å².